The second kappa shape index (κ2) is 4.93. The highest BCUT2D eigenvalue weighted by Gasteiger charge is 2.19. The maximum Gasteiger partial charge on any atom is 0.129 e. The molecule has 0 aliphatic carbocycles. The molecular formula is C11H12BrFN4. The SMILES string of the molecule is CNC(c1ccc(Br)cc1F)c1cnnn1C. The quantitative estimate of drug-likeness (QED) is 0.943. The van der Waals surface area contributed by atoms with Crippen molar-refractivity contribution in [3.05, 3.63) is 45.9 Å². The van der Waals surface area contributed by atoms with E-state index >= 15 is 0 Å². The minimum absolute atomic E-state index is 0.261. The summed E-state index contributed by atoms with van der Waals surface area (Å²) in [6, 6.07) is 4.74. The third-order valence-corrected chi connectivity index (χ3v) is 3.10. The Hall–Kier alpha value is -1.27. The average Bonchev–Trinajstić information content (AvgIpc) is 2.69. The molecule has 0 aliphatic rings. The van der Waals surface area contributed by atoms with Crippen LogP contribution in [0.25, 0.3) is 0 Å². The number of benzene rings is 1. The molecule has 1 aromatic heterocycles. The molecule has 2 aromatic rings. The van der Waals surface area contributed by atoms with Gasteiger partial charge in [0.1, 0.15) is 5.82 Å². The monoisotopic (exact) mass is 298 g/mol. The molecule has 6 heteroatoms. The van der Waals surface area contributed by atoms with Gasteiger partial charge in [-0.1, -0.05) is 27.2 Å². The van der Waals surface area contributed by atoms with Gasteiger partial charge < -0.3 is 5.32 Å². The van der Waals surface area contributed by atoms with Gasteiger partial charge in [0.2, 0.25) is 0 Å². The molecule has 0 fully saturated rings. The van der Waals surface area contributed by atoms with Crippen molar-refractivity contribution in [2.75, 3.05) is 7.05 Å². The first kappa shape index (κ1) is 12.2. The lowest BCUT2D eigenvalue weighted by molar-refractivity contribution is 0.549. The molecule has 4 nitrogen and oxygen atoms in total. The number of nitrogens with zero attached hydrogens (tertiary/aromatic N) is 3. The normalized spacial score (nSPS) is 12.7. The molecule has 0 saturated heterocycles. The van der Waals surface area contributed by atoms with Gasteiger partial charge in [0.15, 0.2) is 0 Å². The predicted molar refractivity (Wildman–Crippen MR) is 66.0 cm³/mol. The van der Waals surface area contributed by atoms with Crippen molar-refractivity contribution < 1.29 is 4.39 Å². The molecule has 1 N–H and O–H groups in total. The molecule has 0 radical (unpaired) electrons. The van der Waals surface area contributed by atoms with Gasteiger partial charge in [-0.3, -0.25) is 4.68 Å². The number of halogens is 2. The van der Waals surface area contributed by atoms with Crippen LogP contribution in [0.4, 0.5) is 4.39 Å². The van der Waals surface area contributed by atoms with Crippen LogP contribution in [0.15, 0.2) is 28.9 Å². The van der Waals surface area contributed by atoms with E-state index in [0.29, 0.717) is 5.56 Å². The zero-order chi connectivity index (χ0) is 12.4. The number of hydrogen-bond acceptors (Lipinski definition) is 3. The Morgan fingerprint density at radius 2 is 2.24 bits per heavy atom. The second-order valence-electron chi connectivity index (χ2n) is 3.67. The highest BCUT2D eigenvalue weighted by molar-refractivity contribution is 9.10. The van der Waals surface area contributed by atoms with Crippen molar-refractivity contribution in [2.45, 2.75) is 6.04 Å². The first-order chi connectivity index (χ1) is 8.13. The largest absolute Gasteiger partial charge is 0.308 e. The fourth-order valence-electron chi connectivity index (χ4n) is 1.76. The van der Waals surface area contributed by atoms with Gasteiger partial charge in [0.05, 0.1) is 17.9 Å². The first-order valence-electron chi connectivity index (χ1n) is 5.10. The van der Waals surface area contributed by atoms with Crippen LogP contribution in [-0.4, -0.2) is 22.0 Å². The summed E-state index contributed by atoms with van der Waals surface area (Å²) in [6.07, 6.45) is 1.63. The molecule has 90 valence electrons. The van der Waals surface area contributed by atoms with E-state index in [9.17, 15) is 4.39 Å². The number of aromatic nitrogens is 3. The van der Waals surface area contributed by atoms with Crippen molar-refractivity contribution in [3.8, 4) is 0 Å². The van der Waals surface area contributed by atoms with E-state index in [-0.39, 0.29) is 11.9 Å². The Labute approximate surface area is 107 Å². The predicted octanol–water partition coefficient (Wildman–Crippen LogP) is 2.03. The number of hydrogen-bond donors (Lipinski definition) is 1. The molecule has 0 spiro atoms. The highest BCUT2D eigenvalue weighted by Crippen LogP contribution is 2.25. The molecule has 0 bridgehead atoms. The van der Waals surface area contributed by atoms with Crippen molar-refractivity contribution >= 4 is 15.9 Å². The third-order valence-electron chi connectivity index (χ3n) is 2.61. The van der Waals surface area contributed by atoms with Crippen LogP contribution >= 0.6 is 15.9 Å². The summed E-state index contributed by atoms with van der Waals surface area (Å²) in [4.78, 5) is 0. The van der Waals surface area contributed by atoms with Crippen LogP contribution in [0.2, 0.25) is 0 Å². The zero-order valence-corrected chi connectivity index (χ0v) is 11.1. The lowest BCUT2D eigenvalue weighted by Crippen LogP contribution is -2.21. The van der Waals surface area contributed by atoms with E-state index in [4.69, 9.17) is 0 Å². The molecule has 1 aromatic carbocycles. The van der Waals surface area contributed by atoms with Crippen molar-refractivity contribution in [2.24, 2.45) is 7.05 Å². The van der Waals surface area contributed by atoms with Crippen LogP contribution in [0.1, 0.15) is 17.3 Å². The van der Waals surface area contributed by atoms with Crippen molar-refractivity contribution in [1.82, 2.24) is 20.3 Å². The van der Waals surface area contributed by atoms with Gasteiger partial charge in [-0.2, -0.15) is 0 Å². The Bertz CT molecular complexity index is 526. The van der Waals surface area contributed by atoms with Gasteiger partial charge in [0, 0.05) is 17.1 Å². The lowest BCUT2D eigenvalue weighted by Gasteiger charge is -2.17. The molecular weight excluding hydrogens is 287 g/mol. The first-order valence-corrected chi connectivity index (χ1v) is 5.89. The van der Waals surface area contributed by atoms with Gasteiger partial charge in [-0.25, -0.2) is 4.39 Å². The van der Waals surface area contributed by atoms with E-state index in [2.05, 4.69) is 31.6 Å². The Morgan fingerprint density at radius 3 is 2.76 bits per heavy atom. The minimum Gasteiger partial charge on any atom is -0.308 e. The van der Waals surface area contributed by atoms with Gasteiger partial charge in [-0.05, 0) is 19.2 Å². The summed E-state index contributed by atoms with van der Waals surface area (Å²) >= 11 is 3.24. The lowest BCUT2D eigenvalue weighted by atomic mass is 10.0. The summed E-state index contributed by atoms with van der Waals surface area (Å²) in [6.45, 7) is 0. The average molecular weight is 299 g/mol. The van der Waals surface area contributed by atoms with Crippen LogP contribution < -0.4 is 5.32 Å². The number of nitrogens with one attached hydrogen (secondary N) is 1. The Morgan fingerprint density at radius 1 is 1.47 bits per heavy atom. The standard InChI is InChI=1S/C11H12BrFN4/c1-14-11(10-6-15-16-17(10)2)8-4-3-7(12)5-9(8)13/h3-6,11,14H,1-2H3. The molecule has 0 amide bonds. The van der Waals surface area contributed by atoms with E-state index < -0.39 is 0 Å². The molecule has 1 unspecified atom stereocenters. The van der Waals surface area contributed by atoms with Crippen LogP contribution in [0.3, 0.4) is 0 Å². The van der Waals surface area contributed by atoms with Crippen LogP contribution in [0.5, 0.6) is 0 Å². The van der Waals surface area contributed by atoms with Crippen molar-refractivity contribution in [3.63, 3.8) is 0 Å². The van der Waals surface area contributed by atoms with E-state index in [1.54, 1.807) is 31.0 Å². The fraction of sp³-hybridized carbons (Fsp3) is 0.273. The van der Waals surface area contributed by atoms with E-state index in [0.717, 1.165) is 10.2 Å². The van der Waals surface area contributed by atoms with Gasteiger partial charge >= 0.3 is 0 Å². The molecule has 2 rings (SSSR count). The summed E-state index contributed by atoms with van der Waals surface area (Å²) in [5.41, 5.74) is 1.38. The van der Waals surface area contributed by atoms with E-state index in [1.165, 1.54) is 6.07 Å². The fourth-order valence-corrected chi connectivity index (χ4v) is 2.09. The van der Waals surface area contributed by atoms with Crippen LogP contribution in [-0.2, 0) is 7.05 Å². The Kier molecular flexibility index (Phi) is 3.54. The molecule has 0 saturated carbocycles. The summed E-state index contributed by atoms with van der Waals surface area (Å²) in [7, 11) is 3.56. The third kappa shape index (κ3) is 2.37. The maximum absolute atomic E-state index is 13.9. The van der Waals surface area contributed by atoms with Gasteiger partial charge in [-0.15, -0.1) is 5.10 Å². The van der Waals surface area contributed by atoms with Crippen LogP contribution in [0, 0.1) is 5.82 Å². The smallest absolute Gasteiger partial charge is 0.129 e. The molecule has 17 heavy (non-hydrogen) atoms. The highest BCUT2D eigenvalue weighted by atomic mass is 79.9. The molecule has 1 atom stereocenters. The molecule has 0 aliphatic heterocycles. The summed E-state index contributed by atoms with van der Waals surface area (Å²) in [5.74, 6) is -0.264. The zero-order valence-electron chi connectivity index (χ0n) is 9.48. The molecule has 1 heterocycles. The minimum atomic E-state index is -0.264. The van der Waals surface area contributed by atoms with Gasteiger partial charge in [0.25, 0.3) is 0 Å². The van der Waals surface area contributed by atoms with E-state index in [1.807, 2.05) is 6.07 Å². The van der Waals surface area contributed by atoms with Crippen molar-refractivity contribution in [1.29, 1.82) is 0 Å². The summed E-state index contributed by atoms with van der Waals surface area (Å²) in [5, 5.41) is 10.7. The second-order valence-corrected chi connectivity index (χ2v) is 4.59. The topological polar surface area (TPSA) is 42.7 Å². The Balaban J connectivity index is 2.46. The number of rotatable bonds is 3. The number of aryl methyl sites for hydroxylation is 1. The summed E-state index contributed by atoms with van der Waals surface area (Å²) < 4.78 is 16.2. The maximum atomic E-state index is 13.9.